The lowest BCUT2D eigenvalue weighted by Crippen LogP contribution is -2.42. The van der Waals surface area contributed by atoms with Gasteiger partial charge in [-0.1, -0.05) is 12.1 Å². The predicted molar refractivity (Wildman–Crippen MR) is 89.0 cm³/mol. The maximum Gasteiger partial charge on any atom is 0.182 e. The molecule has 2 aliphatic heterocycles. The molecule has 0 aliphatic carbocycles. The second-order valence-electron chi connectivity index (χ2n) is 6.43. The second kappa shape index (κ2) is 5.49. The van der Waals surface area contributed by atoms with Gasteiger partial charge < -0.3 is 9.87 Å². The van der Waals surface area contributed by atoms with Gasteiger partial charge in [0.1, 0.15) is 0 Å². The molecule has 2 saturated heterocycles. The van der Waals surface area contributed by atoms with Crippen LogP contribution in [0.2, 0.25) is 0 Å². The zero-order valence-electron chi connectivity index (χ0n) is 13.0. The highest BCUT2D eigenvalue weighted by Gasteiger charge is 2.47. The van der Waals surface area contributed by atoms with E-state index in [-0.39, 0.29) is 0 Å². The number of hydrogen-bond donors (Lipinski definition) is 1. The molecule has 0 amide bonds. The van der Waals surface area contributed by atoms with Crippen LogP contribution in [-0.2, 0) is 11.4 Å². The molecule has 0 saturated carbocycles. The highest BCUT2D eigenvalue weighted by Crippen LogP contribution is 2.36. The summed E-state index contributed by atoms with van der Waals surface area (Å²) in [6.07, 6.45) is 4.90. The van der Waals surface area contributed by atoms with Gasteiger partial charge in [-0.3, -0.25) is 4.98 Å². The smallest absolute Gasteiger partial charge is 0.182 e. The third-order valence-electron chi connectivity index (χ3n) is 5.13. The van der Waals surface area contributed by atoms with Crippen molar-refractivity contribution in [1.82, 2.24) is 14.6 Å². The number of rotatable bonds is 2. The molecule has 0 bridgehead atoms. The average molecular weight is 315 g/mol. The van der Waals surface area contributed by atoms with Gasteiger partial charge in [0.25, 0.3) is 0 Å². The monoisotopic (exact) mass is 315 g/mol. The van der Waals surface area contributed by atoms with Crippen molar-refractivity contribution in [2.45, 2.75) is 37.2 Å². The zero-order chi connectivity index (χ0) is 15.3. The molecule has 0 spiro atoms. The summed E-state index contributed by atoms with van der Waals surface area (Å²) >= 11 is -1.12. The van der Waals surface area contributed by atoms with E-state index in [9.17, 15) is 4.55 Å². The Morgan fingerprint density at radius 3 is 3.05 bits per heavy atom. The largest absolute Gasteiger partial charge is 0.593 e. The fourth-order valence-corrected chi connectivity index (χ4v) is 5.65. The summed E-state index contributed by atoms with van der Waals surface area (Å²) in [4.78, 5) is 5.17. The van der Waals surface area contributed by atoms with Gasteiger partial charge in [0.2, 0.25) is 0 Å². The number of pyridine rings is 1. The highest BCUT2D eigenvalue weighted by molar-refractivity contribution is 7.89. The van der Waals surface area contributed by atoms with E-state index in [1.807, 2.05) is 37.5 Å². The summed E-state index contributed by atoms with van der Waals surface area (Å²) in [6, 6.07) is 6.82. The van der Waals surface area contributed by atoms with Crippen LogP contribution in [0.5, 0.6) is 0 Å². The Bertz CT molecular complexity index is 702. The molecular formula is C17H21N3OS. The molecule has 4 nitrogen and oxygen atoms in total. The Hall–Kier alpha value is -1.14. The van der Waals surface area contributed by atoms with Crippen LogP contribution < -0.4 is 5.32 Å². The van der Waals surface area contributed by atoms with Crippen LogP contribution in [0.15, 0.2) is 35.5 Å². The van der Waals surface area contributed by atoms with Crippen LogP contribution in [0.3, 0.4) is 0 Å². The van der Waals surface area contributed by atoms with Crippen molar-refractivity contribution in [3.63, 3.8) is 0 Å². The lowest BCUT2D eigenvalue weighted by molar-refractivity contribution is 0.373. The topological polar surface area (TPSA) is 51.2 Å². The first-order chi connectivity index (χ1) is 10.7. The van der Waals surface area contributed by atoms with Crippen LogP contribution in [0.4, 0.5) is 0 Å². The Morgan fingerprint density at radius 2 is 2.23 bits per heavy atom. The van der Waals surface area contributed by atoms with Crippen LogP contribution in [-0.4, -0.2) is 39.0 Å². The highest BCUT2D eigenvalue weighted by atomic mass is 32.2. The van der Waals surface area contributed by atoms with E-state index in [1.165, 1.54) is 6.42 Å². The van der Waals surface area contributed by atoms with Gasteiger partial charge in [-0.2, -0.15) is 0 Å². The molecule has 3 heterocycles. The number of nitrogens with one attached hydrogen (secondary N) is 1. The first-order valence-electron chi connectivity index (χ1n) is 7.92. The summed E-state index contributed by atoms with van der Waals surface area (Å²) in [5.74, 6) is 0.636. The van der Waals surface area contributed by atoms with E-state index in [0.29, 0.717) is 18.0 Å². The number of benzene rings is 1. The SMILES string of the molecule is Cc1cncc2cccc([S+]([O-])N3CC4CCNC4C3C)c12. The van der Waals surface area contributed by atoms with Gasteiger partial charge in [0, 0.05) is 35.8 Å². The van der Waals surface area contributed by atoms with Crippen molar-refractivity contribution in [1.29, 1.82) is 0 Å². The molecular weight excluding hydrogens is 294 g/mol. The molecule has 4 unspecified atom stereocenters. The molecule has 1 aromatic heterocycles. The first kappa shape index (κ1) is 14.5. The minimum absolute atomic E-state index is 0.311. The van der Waals surface area contributed by atoms with Crippen LogP contribution in [0, 0.1) is 12.8 Å². The summed E-state index contributed by atoms with van der Waals surface area (Å²) in [6.45, 7) is 6.26. The zero-order valence-corrected chi connectivity index (χ0v) is 13.8. The molecule has 1 aromatic carbocycles. The van der Waals surface area contributed by atoms with Gasteiger partial charge in [-0.05, 0) is 44.4 Å². The van der Waals surface area contributed by atoms with E-state index < -0.39 is 11.4 Å². The average Bonchev–Trinajstić information content (AvgIpc) is 3.10. The summed E-state index contributed by atoms with van der Waals surface area (Å²) in [5, 5.41) is 5.72. The fourth-order valence-electron chi connectivity index (χ4n) is 3.99. The van der Waals surface area contributed by atoms with E-state index in [1.54, 1.807) is 0 Å². The molecule has 2 aromatic rings. The quantitative estimate of drug-likeness (QED) is 0.864. The number of fused-ring (bicyclic) bond motifs is 2. The van der Waals surface area contributed by atoms with Gasteiger partial charge in [-0.25, -0.2) is 0 Å². The Balaban J connectivity index is 1.73. The Labute approximate surface area is 134 Å². The Kier molecular flexibility index (Phi) is 3.61. The molecule has 1 N–H and O–H groups in total. The van der Waals surface area contributed by atoms with Gasteiger partial charge >= 0.3 is 0 Å². The summed E-state index contributed by atoms with van der Waals surface area (Å²) in [7, 11) is 0. The van der Waals surface area contributed by atoms with E-state index in [2.05, 4.69) is 21.5 Å². The second-order valence-corrected chi connectivity index (χ2v) is 7.84. The van der Waals surface area contributed by atoms with Gasteiger partial charge in [-0.15, -0.1) is 4.31 Å². The van der Waals surface area contributed by atoms with Crippen molar-refractivity contribution < 1.29 is 4.55 Å². The van der Waals surface area contributed by atoms with Gasteiger partial charge in [0.15, 0.2) is 4.90 Å². The molecule has 22 heavy (non-hydrogen) atoms. The molecule has 0 radical (unpaired) electrons. The standard InChI is InChI=1S/C17H21N3OS/c1-11-8-18-9-13-4-3-5-15(16(11)13)22(21)20-10-14-6-7-19-17(14)12(20)2/h3-5,8-9,12,14,17,19H,6-7,10H2,1-2H3. The van der Waals surface area contributed by atoms with Crippen LogP contribution in [0.25, 0.3) is 10.8 Å². The number of aryl methyl sites for hydroxylation is 1. The van der Waals surface area contributed by atoms with E-state index >= 15 is 0 Å². The maximum absolute atomic E-state index is 13.2. The van der Waals surface area contributed by atoms with Crippen molar-refractivity contribution in [2.24, 2.45) is 5.92 Å². The van der Waals surface area contributed by atoms with Gasteiger partial charge in [0.05, 0.1) is 17.4 Å². The van der Waals surface area contributed by atoms with Crippen LogP contribution >= 0.6 is 0 Å². The van der Waals surface area contributed by atoms with Crippen molar-refractivity contribution in [2.75, 3.05) is 13.1 Å². The maximum atomic E-state index is 13.2. The predicted octanol–water partition coefficient (Wildman–Crippen LogP) is 2.25. The van der Waals surface area contributed by atoms with Crippen molar-refractivity contribution in [3.05, 3.63) is 36.2 Å². The lowest BCUT2D eigenvalue weighted by atomic mass is 10.0. The molecule has 4 atom stereocenters. The van der Waals surface area contributed by atoms with E-state index in [0.717, 1.165) is 34.3 Å². The van der Waals surface area contributed by atoms with Crippen LogP contribution in [0.1, 0.15) is 18.9 Å². The first-order valence-corrected chi connectivity index (χ1v) is 9.03. The normalized spacial score (nSPS) is 29.9. The fraction of sp³-hybridized carbons (Fsp3) is 0.471. The third kappa shape index (κ3) is 2.15. The minimum atomic E-state index is -1.12. The molecule has 2 fully saturated rings. The number of hydrogen-bond acceptors (Lipinski definition) is 4. The third-order valence-corrected chi connectivity index (χ3v) is 6.75. The minimum Gasteiger partial charge on any atom is -0.593 e. The molecule has 5 heteroatoms. The Morgan fingerprint density at radius 1 is 1.36 bits per heavy atom. The molecule has 116 valence electrons. The summed E-state index contributed by atoms with van der Waals surface area (Å²) in [5.41, 5.74) is 1.09. The van der Waals surface area contributed by atoms with Crippen molar-refractivity contribution >= 4 is 22.1 Å². The van der Waals surface area contributed by atoms with E-state index in [4.69, 9.17) is 0 Å². The molecule has 2 aliphatic rings. The number of aromatic nitrogens is 1. The number of nitrogens with zero attached hydrogens (tertiary/aromatic N) is 2. The van der Waals surface area contributed by atoms with Crippen molar-refractivity contribution in [3.8, 4) is 0 Å². The summed E-state index contributed by atoms with van der Waals surface area (Å²) < 4.78 is 15.4. The lowest BCUT2D eigenvalue weighted by Gasteiger charge is -2.26. The molecule has 4 rings (SSSR count).